The molecule has 1 heterocycles. The molecule has 0 aromatic carbocycles. The Morgan fingerprint density at radius 1 is 1.29 bits per heavy atom. The number of nitrogens with zero attached hydrogens (tertiary/aromatic N) is 1. The molecule has 0 unspecified atom stereocenters. The number of aliphatic imine (C=N–C) groups is 1. The van der Waals surface area contributed by atoms with E-state index in [0.29, 0.717) is 5.41 Å². The summed E-state index contributed by atoms with van der Waals surface area (Å²) in [5.74, 6) is 1.31. The van der Waals surface area contributed by atoms with Crippen LogP contribution in [0.3, 0.4) is 0 Å². The van der Waals surface area contributed by atoms with E-state index in [-0.39, 0.29) is 0 Å². The summed E-state index contributed by atoms with van der Waals surface area (Å²) in [6, 6.07) is 0.763. The van der Waals surface area contributed by atoms with Crippen molar-refractivity contribution in [2.24, 2.45) is 10.4 Å². The number of hydrogen-bond acceptors (Lipinski definition) is 3. The summed E-state index contributed by atoms with van der Waals surface area (Å²) >= 11 is 1.97. The molecule has 0 aromatic heterocycles. The van der Waals surface area contributed by atoms with Crippen molar-refractivity contribution < 1.29 is 0 Å². The number of thioether (sulfide) groups is 1. The highest BCUT2D eigenvalue weighted by atomic mass is 32.2. The normalized spacial score (nSPS) is 30.4. The first-order valence-corrected chi connectivity index (χ1v) is 6.79. The molecule has 0 radical (unpaired) electrons. The van der Waals surface area contributed by atoms with Gasteiger partial charge in [0.05, 0.1) is 0 Å². The lowest BCUT2D eigenvalue weighted by Gasteiger charge is -2.31. The fourth-order valence-corrected chi connectivity index (χ4v) is 3.70. The Hall–Kier alpha value is -0.180. The second-order valence-corrected chi connectivity index (χ2v) is 6.00. The van der Waals surface area contributed by atoms with E-state index >= 15 is 0 Å². The maximum Gasteiger partial charge on any atom is 0.156 e. The van der Waals surface area contributed by atoms with E-state index < -0.39 is 0 Å². The van der Waals surface area contributed by atoms with Crippen molar-refractivity contribution in [2.45, 2.75) is 44.6 Å². The SMILES string of the molecule is C1CCC2(C1)CN=C(NC1CC1)SC2. The van der Waals surface area contributed by atoms with Gasteiger partial charge < -0.3 is 5.32 Å². The average molecular weight is 210 g/mol. The minimum absolute atomic E-state index is 0.597. The molecule has 0 atom stereocenters. The largest absolute Gasteiger partial charge is 0.362 e. The molecule has 1 aliphatic heterocycles. The van der Waals surface area contributed by atoms with Crippen molar-refractivity contribution in [3.63, 3.8) is 0 Å². The maximum atomic E-state index is 4.71. The highest BCUT2D eigenvalue weighted by Crippen LogP contribution is 2.43. The molecule has 1 spiro atoms. The van der Waals surface area contributed by atoms with E-state index in [4.69, 9.17) is 4.99 Å². The standard InChI is InChI=1S/C11H18N2S/c1-2-6-11(5-1)7-12-10(14-8-11)13-9-3-4-9/h9H,1-8H2,(H,12,13). The molecule has 2 fully saturated rings. The Labute approximate surface area is 89.9 Å². The first kappa shape index (κ1) is 9.08. The summed E-state index contributed by atoms with van der Waals surface area (Å²) in [5.41, 5.74) is 0.597. The van der Waals surface area contributed by atoms with Crippen LogP contribution in [0.25, 0.3) is 0 Å². The summed E-state index contributed by atoms with van der Waals surface area (Å²) in [4.78, 5) is 4.71. The third kappa shape index (κ3) is 1.79. The Morgan fingerprint density at radius 2 is 2.07 bits per heavy atom. The van der Waals surface area contributed by atoms with Crippen molar-refractivity contribution in [3.05, 3.63) is 0 Å². The van der Waals surface area contributed by atoms with Gasteiger partial charge in [-0.1, -0.05) is 24.6 Å². The van der Waals surface area contributed by atoms with E-state index in [2.05, 4.69) is 5.32 Å². The van der Waals surface area contributed by atoms with Crippen LogP contribution in [0.15, 0.2) is 4.99 Å². The topological polar surface area (TPSA) is 24.4 Å². The van der Waals surface area contributed by atoms with Crippen LogP contribution in [0, 0.1) is 5.41 Å². The molecule has 2 aliphatic carbocycles. The fourth-order valence-electron chi connectivity index (χ4n) is 2.47. The van der Waals surface area contributed by atoms with Crippen LogP contribution in [-0.2, 0) is 0 Å². The molecule has 0 amide bonds. The summed E-state index contributed by atoms with van der Waals surface area (Å²) in [5, 5.41) is 4.74. The quantitative estimate of drug-likeness (QED) is 0.718. The second kappa shape index (κ2) is 3.44. The van der Waals surface area contributed by atoms with Gasteiger partial charge in [-0.2, -0.15) is 0 Å². The summed E-state index contributed by atoms with van der Waals surface area (Å²) < 4.78 is 0. The molecule has 0 aromatic rings. The maximum absolute atomic E-state index is 4.71. The van der Waals surface area contributed by atoms with Gasteiger partial charge in [0.15, 0.2) is 5.17 Å². The van der Waals surface area contributed by atoms with Gasteiger partial charge in [0.1, 0.15) is 0 Å². The molecule has 0 bridgehead atoms. The molecule has 0 saturated heterocycles. The molecule has 2 saturated carbocycles. The van der Waals surface area contributed by atoms with Crippen molar-refractivity contribution in [3.8, 4) is 0 Å². The van der Waals surface area contributed by atoms with Gasteiger partial charge in [0.2, 0.25) is 0 Å². The third-order valence-corrected chi connectivity index (χ3v) is 4.92. The number of rotatable bonds is 1. The fraction of sp³-hybridized carbons (Fsp3) is 0.909. The molecule has 2 nitrogen and oxygen atoms in total. The summed E-state index contributed by atoms with van der Waals surface area (Å²) in [7, 11) is 0. The minimum atomic E-state index is 0.597. The van der Waals surface area contributed by atoms with Crippen LogP contribution in [0.2, 0.25) is 0 Å². The highest BCUT2D eigenvalue weighted by Gasteiger charge is 2.37. The van der Waals surface area contributed by atoms with Crippen molar-refractivity contribution in [2.75, 3.05) is 12.3 Å². The average Bonchev–Trinajstić information content (AvgIpc) is 2.91. The summed E-state index contributed by atoms with van der Waals surface area (Å²) in [6.07, 6.45) is 8.40. The van der Waals surface area contributed by atoms with Crippen LogP contribution in [-0.4, -0.2) is 23.5 Å². The Morgan fingerprint density at radius 3 is 2.64 bits per heavy atom. The first-order chi connectivity index (χ1) is 6.86. The Kier molecular flexibility index (Phi) is 2.23. The lowest BCUT2D eigenvalue weighted by molar-refractivity contribution is 0.358. The monoisotopic (exact) mass is 210 g/mol. The van der Waals surface area contributed by atoms with Gasteiger partial charge in [-0.05, 0) is 31.1 Å². The van der Waals surface area contributed by atoms with E-state index in [9.17, 15) is 0 Å². The van der Waals surface area contributed by atoms with Gasteiger partial charge >= 0.3 is 0 Å². The van der Waals surface area contributed by atoms with Crippen LogP contribution in [0.1, 0.15) is 38.5 Å². The molecule has 3 aliphatic rings. The Bertz CT molecular complexity index is 252. The first-order valence-electron chi connectivity index (χ1n) is 5.80. The second-order valence-electron chi connectivity index (χ2n) is 5.04. The zero-order valence-electron chi connectivity index (χ0n) is 8.59. The van der Waals surface area contributed by atoms with E-state index in [1.54, 1.807) is 0 Å². The van der Waals surface area contributed by atoms with E-state index in [1.807, 2.05) is 11.8 Å². The molecule has 14 heavy (non-hydrogen) atoms. The molecular weight excluding hydrogens is 192 g/mol. The van der Waals surface area contributed by atoms with Crippen LogP contribution in [0.4, 0.5) is 0 Å². The van der Waals surface area contributed by atoms with Gasteiger partial charge in [-0.15, -0.1) is 0 Å². The van der Waals surface area contributed by atoms with Gasteiger partial charge in [0, 0.05) is 18.3 Å². The van der Waals surface area contributed by atoms with Gasteiger partial charge in [-0.3, -0.25) is 4.99 Å². The van der Waals surface area contributed by atoms with E-state index in [1.165, 1.54) is 49.4 Å². The van der Waals surface area contributed by atoms with Crippen molar-refractivity contribution in [1.82, 2.24) is 5.32 Å². The van der Waals surface area contributed by atoms with Crippen molar-refractivity contribution in [1.29, 1.82) is 0 Å². The smallest absolute Gasteiger partial charge is 0.156 e. The zero-order chi connectivity index (χ0) is 9.43. The Balaban J connectivity index is 1.61. The highest BCUT2D eigenvalue weighted by molar-refractivity contribution is 8.13. The molecule has 3 rings (SSSR count). The lowest BCUT2D eigenvalue weighted by atomic mass is 9.89. The predicted octanol–water partition coefficient (Wildman–Crippen LogP) is 2.40. The van der Waals surface area contributed by atoms with E-state index in [0.717, 1.165) is 12.6 Å². The minimum Gasteiger partial charge on any atom is -0.362 e. The van der Waals surface area contributed by atoms with Crippen molar-refractivity contribution >= 4 is 16.9 Å². The molecule has 3 heteroatoms. The molecular formula is C11H18N2S. The number of nitrogens with one attached hydrogen (secondary N) is 1. The van der Waals surface area contributed by atoms with Crippen LogP contribution >= 0.6 is 11.8 Å². The molecule has 78 valence electrons. The zero-order valence-corrected chi connectivity index (χ0v) is 9.41. The van der Waals surface area contributed by atoms with Gasteiger partial charge in [0.25, 0.3) is 0 Å². The predicted molar refractivity (Wildman–Crippen MR) is 61.8 cm³/mol. The van der Waals surface area contributed by atoms with Crippen LogP contribution in [0.5, 0.6) is 0 Å². The number of hydrogen-bond donors (Lipinski definition) is 1. The third-order valence-electron chi connectivity index (χ3n) is 3.64. The molecule has 1 N–H and O–H groups in total. The summed E-state index contributed by atoms with van der Waals surface area (Å²) in [6.45, 7) is 1.09. The lowest BCUT2D eigenvalue weighted by Crippen LogP contribution is -2.34. The van der Waals surface area contributed by atoms with Crippen LogP contribution < -0.4 is 5.32 Å². The van der Waals surface area contributed by atoms with Gasteiger partial charge in [-0.25, -0.2) is 0 Å². The number of amidine groups is 1.